The number of amides is 1. The summed E-state index contributed by atoms with van der Waals surface area (Å²) in [5, 5.41) is 12.4. The number of anilines is 1. The van der Waals surface area contributed by atoms with Gasteiger partial charge in [0.1, 0.15) is 5.75 Å². The number of hydrogen-bond acceptors (Lipinski definition) is 6. The highest BCUT2D eigenvalue weighted by atomic mass is 19.4. The van der Waals surface area contributed by atoms with Crippen molar-refractivity contribution in [2.75, 3.05) is 31.1 Å². The van der Waals surface area contributed by atoms with Gasteiger partial charge in [0.05, 0.1) is 5.56 Å². The number of piperazine rings is 1. The van der Waals surface area contributed by atoms with Crippen molar-refractivity contribution in [3.8, 4) is 11.6 Å². The molecule has 1 aromatic carbocycles. The number of benzene rings is 1. The minimum atomic E-state index is -4.86. The number of carbonyl (C=O) groups excluding carboxylic acids is 1. The molecule has 0 bridgehead atoms. The molecule has 156 valence electrons. The van der Waals surface area contributed by atoms with E-state index in [9.17, 15) is 18.0 Å². The fourth-order valence-corrected chi connectivity index (χ4v) is 3.18. The number of alkyl halides is 3. The topological polar surface area (TPSA) is 76.4 Å². The maximum absolute atomic E-state index is 12.7. The van der Waals surface area contributed by atoms with Crippen LogP contribution in [0, 0.1) is 0 Å². The lowest BCUT2D eigenvalue weighted by Crippen LogP contribution is -2.49. The van der Waals surface area contributed by atoms with Crippen molar-refractivity contribution in [3.63, 3.8) is 0 Å². The van der Waals surface area contributed by atoms with Gasteiger partial charge in [0, 0.05) is 38.6 Å². The first-order valence-electron chi connectivity index (χ1n) is 9.13. The van der Waals surface area contributed by atoms with E-state index >= 15 is 0 Å². The van der Waals surface area contributed by atoms with Crippen molar-refractivity contribution in [1.29, 1.82) is 0 Å². The Morgan fingerprint density at radius 1 is 0.933 bits per heavy atom. The number of hydrogen-bond donors (Lipinski definition) is 0. The summed E-state index contributed by atoms with van der Waals surface area (Å²) in [6.45, 7) is 1.62. The van der Waals surface area contributed by atoms with E-state index in [1.165, 1.54) is 23.1 Å². The Kier molecular flexibility index (Phi) is 5.25. The van der Waals surface area contributed by atoms with Gasteiger partial charge in [-0.15, -0.1) is 23.4 Å². The Balaban J connectivity index is 1.41. The maximum atomic E-state index is 12.7. The molecule has 0 atom stereocenters. The Hall–Kier alpha value is -3.63. The van der Waals surface area contributed by atoms with E-state index in [2.05, 4.69) is 20.0 Å². The number of aromatic nitrogens is 4. The van der Waals surface area contributed by atoms with Gasteiger partial charge in [0.25, 0.3) is 5.91 Å². The summed E-state index contributed by atoms with van der Waals surface area (Å²) in [7, 11) is 0. The van der Waals surface area contributed by atoms with Gasteiger partial charge in [-0.2, -0.15) is 5.10 Å². The Morgan fingerprint density at radius 2 is 1.63 bits per heavy atom. The van der Waals surface area contributed by atoms with E-state index in [1.54, 1.807) is 29.2 Å². The van der Waals surface area contributed by atoms with Crippen LogP contribution in [0.1, 0.15) is 10.4 Å². The monoisotopic (exact) mass is 418 g/mol. The third-order valence-corrected chi connectivity index (χ3v) is 4.61. The van der Waals surface area contributed by atoms with Crippen LogP contribution in [0.15, 0.2) is 54.9 Å². The van der Waals surface area contributed by atoms with Crippen LogP contribution in [0.25, 0.3) is 5.82 Å². The number of carbonyl (C=O) groups is 1. The molecule has 0 aliphatic carbocycles. The lowest BCUT2D eigenvalue weighted by Gasteiger charge is -2.35. The molecule has 1 fully saturated rings. The highest BCUT2D eigenvalue weighted by Crippen LogP contribution is 2.27. The molecule has 1 aliphatic heterocycles. The zero-order chi connectivity index (χ0) is 21.1. The Morgan fingerprint density at radius 3 is 2.27 bits per heavy atom. The van der Waals surface area contributed by atoms with Crippen LogP contribution in [-0.4, -0.2) is 63.3 Å². The van der Waals surface area contributed by atoms with Gasteiger partial charge >= 0.3 is 6.36 Å². The third-order valence-electron chi connectivity index (χ3n) is 4.61. The quantitative estimate of drug-likeness (QED) is 0.648. The molecular weight excluding hydrogens is 401 g/mol. The van der Waals surface area contributed by atoms with E-state index < -0.39 is 18.0 Å². The summed E-state index contributed by atoms with van der Waals surface area (Å²) in [6.07, 6.45) is -1.46. The Labute approximate surface area is 169 Å². The maximum Gasteiger partial charge on any atom is 0.573 e. The molecule has 0 spiro atoms. The van der Waals surface area contributed by atoms with Gasteiger partial charge in [-0.25, -0.2) is 4.68 Å². The van der Waals surface area contributed by atoms with Gasteiger partial charge in [0.2, 0.25) is 0 Å². The second-order valence-corrected chi connectivity index (χ2v) is 6.52. The van der Waals surface area contributed by atoms with Crippen LogP contribution in [0.3, 0.4) is 0 Å². The molecule has 3 aromatic rings. The summed E-state index contributed by atoms with van der Waals surface area (Å²) in [4.78, 5) is 16.2. The summed E-state index contributed by atoms with van der Waals surface area (Å²) in [6, 6.07) is 10.7. The number of halogens is 3. The molecule has 1 amide bonds. The average Bonchev–Trinajstić information content (AvgIpc) is 3.28. The van der Waals surface area contributed by atoms with E-state index in [4.69, 9.17) is 0 Å². The second-order valence-electron chi connectivity index (χ2n) is 6.52. The molecule has 1 saturated heterocycles. The molecular formula is C19H17F3N6O2. The number of ether oxygens (including phenoxy) is 1. The van der Waals surface area contributed by atoms with E-state index in [-0.39, 0.29) is 5.56 Å². The number of rotatable bonds is 4. The van der Waals surface area contributed by atoms with Crippen LogP contribution >= 0.6 is 0 Å². The SMILES string of the molecule is O=C(c1ccccc1OC(F)(F)F)N1CCN(c2ccc(-n3cccn3)nn2)CC1. The number of para-hydroxylation sites is 1. The van der Waals surface area contributed by atoms with Gasteiger partial charge in [-0.3, -0.25) is 4.79 Å². The Bertz CT molecular complexity index is 1000. The normalized spacial score (nSPS) is 14.6. The summed E-state index contributed by atoms with van der Waals surface area (Å²) in [5.41, 5.74) is -0.119. The van der Waals surface area contributed by atoms with E-state index in [0.29, 0.717) is 37.8 Å². The smallest absolute Gasteiger partial charge is 0.405 e. The molecule has 1 aliphatic rings. The molecule has 0 saturated carbocycles. The summed E-state index contributed by atoms with van der Waals surface area (Å²) in [5.74, 6) is 0.227. The van der Waals surface area contributed by atoms with Gasteiger partial charge in [-0.1, -0.05) is 12.1 Å². The average molecular weight is 418 g/mol. The fourth-order valence-electron chi connectivity index (χ4n) is 3.18. The molecule has 11 heteroatoms. The van der Waals surface area contributed by atoms with E-state index in [0.717, 1.165) is 6.07 Å². The van der Waals surface area contributed by atoms with Crippen molar-refractivity contribution in [2.24, 2.45) is 0 Å². The third kappa shape index (κ3) is 4.34. The zero-order valence-electron chi connectivity index (χ0n) is 15.7. The predicted molar refractivity (Wildman–Crippen MR) is 100 cm³/mol. The number of nitrogens with zero attached hydrogens (tertiary/aromatic N) is 6. The van der Waals surface area contributed by atoms with Crippen molar-refractivity contribution < 1.29 is 22.7 Å². The first-order chi connectivity index (χ1) is 14.4. The molecule has 2 aromatic heterocycles. The molecule has 0 N–H and O–H groups in total. The molecule has 4 rings (SSSR count). The fraction of sp³-hybridized carbons (Fsp3) is 0.263. The molecule has 3 heterocycles. The first-order valence-corrected chi connectivity index (χ1v) is 9.13. The van der Waals surface area contributed by atoms with Gasteiger partial charge < -0.3 is 14.5 Å². The van der Waals surface area contributed by atoms with Crippen molar-refractivity contribution in [3.05, 3.63) is 60.4 Å². The molecule has 30 heavy (non-hydrogen) atoms. The predicted octanol–water partition coefficient (Wildman–Crippen LogP) is 2.52. The summed E-state index contributed by atoms with van der Waals surface area (Å²) < 4.78 is 43.4. The summed E-state index contributed by atoms with van der Waals surface area (Å²) >= 11 is 0. The molecule has 0 radical (unpaired) electrons. The van der Waals surface area contributed by atoms with Crippen molar-refractivity contribution >= 4 is 11.7 Å². The van der Waals surface area contributed by atoms with Crippen molar-refractivity contribution in [1.82, 2.24) is 24.9 Å². The molecule has 8 nitrogen and oxygen atoms in total. The lowest BCUT2D eigenvalue weighted by molar-refractivity contribution is -0.274. The van der Waals surface area contributed by atoms with Crippen LogP contribution < -0.4 is 9.64 Å². The van der Waals surface area contributed by atoms with Gasteiger partial charge in [0.15, 0.2) is 11.6 Å². The van der Waals surface area contributed by atoms with Crippen LogP contribution in [0.4, 0.5) is 19.0 Å². The molecule has 0 unspecified atom stereocenters. The first kappa shape index (κ1) is 19.7. The van der Waals surface area contributed by atoms with Gasteiger partial charge in [-0.05, 0) is 30.3 Å². The van der Waals surface area contributed by atoms with Crippen LogP contribution in [0.2, 0.25) is 0 Å². The minimum absolute atomic E-state index is 0.119. The van der Waals surface area contributed by atoms with Crippen LogP contribution in [-0.2, 0) is 0 Å². The standard InChI is InChI=1S/C19H17F3N6O2/c20-19(21,22)30-15-5-2-1-4-14(15)18(29)27-12-10-26(11-13-27)16-6-7-17(25-24-16)28-9-3-8-23-28/h1-9H,10-13H2. The lowest BCUT2D eigenvalue weighted by atomic mass is 10.1. The largest absolute Gasteiger partial charge is 0.573 e. The highest BCUT2D eigenvalue weighted by molar-refractivity contribution is 5.97. The van der Waals surface area contributed by atoms with Crippen LogP contribution in [0.5, 0.6) is 5.75 Å². The van der Waals surface area contributed by atoms with E-state index in [1.807, 2.05) is 11.0 Å². The zero-order valence-corrected chi connectivity index (χ0v) is 15.7. The second kappa shape index (κ2) is 8.01. The minimum Gasteiger partial charge on any atom is -0.405 e. The highest BCUT2D eigenvalue weighted by Gasteiger charge is 2.34. The van der Waals surface area contributed by atoms with Crippen molar-refractivity contribution in [2.45, 2.75) is 6.36 Å².